The fraction of sp³-hybridized carbons (Fsp3) is 0.136. The normalized spacial score (nSPS) is 13.2. The molecule has 2 aromatic carbocycles. The van der Waals surface area contributed by atoms with Crippen molar-refractivity contribution in [1.82, 2.24) is 15.0 Å². The van der Waals surface area contributed by atoms with Crippen LogP contribution in [0, 0.1) is 6.92 Å². The molecule has 5 rings (SSSR count). The van der Waals surface area contributed by atoms with Crippen molar-refractivity contribution in [3.63, 3.8) is 0 Å². The van der Waals surface area contributed by atoms with E-state index in [1.165, 1.54) is 5.56 Å². The molecule has 0 amide bonds. The Hall–Kier alpha value is -2.50. The smallest absolute Gasteiger partial charge is 0.163 e. The molecule has 0 saturated carbocycles. The van der Waals surface area contributed by atoms with E-state index in [0.29, 0.717) is 5.82 Å². The van der Waals surface area contributed by atoms with Crippen molar-refractivity contribution in [2.45, 2.75) is 13.3 Å². The second-order valence-electron chi connectivity index (χ2n) is 6.86. The van der Waals surface area contributed by atoms with Crippen LogP contribution in [0.4, 0.5) is 11.5 Å². The molecule has 4 aromatic rings. The molecular formula is C22H16BrClN4. The van der Waals surface area contributed by atoms with Crippen molar-refractivity contribution in [2.24, 2.45) is 0 Å². The Morgan fingerprint density at radius 3 is 2.82 bits per heavy atom. The second-order valence-corrected chi connectivity index (χ2v) is 8.15. The second kappa shape index (κ2) is 6.83. The lowest BCUT2D eigenvalue weighted by Crippen LogP contribution is -2.16. The minimum absolute atomic E-state index is 0.680. The van der Waals surface area contributed by atoms with E-state index in [9.17, 15) is 0 Å². The summed E-state index contributed by atoms with van der Waals surface area (Å²) in [6.07, 6.45) is 4.50. The van der Waals surface area contributed by atoms with E-state index in [1.54, 1.807) is 12.4 Å². The van der Waals surface area contributed by atoms with Crippen molar-refractivity contribution in [3.05, 3.63) is 75.5 Å². The minimum Gasteiger partial charge on any atom is -0.325 e. The number of fused-ring (bicyclic) bond motifs is 2. The van der Waals surface area contributed by atoms with Gasteiger partial charge in [-0.25, -0.2) is 9.97 Å². The van der Waals surface area contributed by atoms with Gasteiger partial charge in [0.2, 0.25) is 0 Å². The Morgan fingerprint density at radius 1 is 1.11 bits per heavy atom. The van der Waals surface area contributed by atoms with Gasteiger partial charge >= 0.3 is 0 Å². The van der Waals surface area contributed by atoms with E-state index >= 15 is 0 Å². The summed E-state index contributed by atoms with van der Waals surface area (Å²) in [5.41, 5.74) is 5.35. The highest BCUT2D eigenvalue weighted by atomic mass is 79.9. The number of nitrogens with zero attached hydrogens (tertiary/aromatic N) is 4. The Labute approximate surface area is 176 Å². The molecule has 1 aliphatic rings. The molecule has 4 nitrogen and oxygen atoms in total. The first kappa shape index (κ1) is 17.6. The maximum atomic E-state index is 6.20. The van der Waals surface area contributed by atoms with Crippen LogP contribution in [0.25, 0.3) is 22.3 Å². The molecular weight excluding hydrogens is 436 g/mol. The molecule has 0 bridgehead atoms. The van der Waals surface area contributed by atoms with Crippen LogP contribution in [0.3, 0.4) is 0 Å². The van der Waals surface area contributed by atoms with E-state index < -0.39 is 0 Å². The number of aryl methyl sites for hydroxylation is 1. The fourth-order valence-electron chi connectivity index (χ4n) is 3.71. The third kappa shape index (κ3) is 2.86. The van der Waals surface area contributed by atoms with Gasteiger partial charge in [-0.15, -0.1) is 0 Å². The Kier molecular flexibility index (Phi) is 4.29. The number of hydrogen-bond donors (Lipinski definition) is 0. The monoisotopic (exact) mass is 450 g/mol. The van der Waals surface area contributed by atoms with Crippen molar-refractivity contribution < 1.29 is 0 Å². The summed E-state index contributed by atoms with van der Waals surface area (Å²) in [6.45, 7) is 2.94. The summed E-state index contributed by atoms with van der Waals surface area (Å²) in [5, 5.41) is 1.81. The van der Waals surface area contributed by atoms with Gasteiger partial charge in [-0.2, -0.15) is 0 Å². The van der Waals surface area contributed by atoms with Crippen molar-refractivity contribution in [1.29, 1.82) is 0 Å². The molecule has 3 heterocycles. The van der Waals surface area contributed by atoms with Crippen LogP contribution in [0.15, 0.2) is 59.3 Å². The molecule has 1 aliphatic heterocycles. The Morgan fingerprint density at radius 2 is 2.00 bits per heavy atom. The first-order valence-electron chi connectivity index (χ1n) is 9.05. The Bertz CT molecular complexity index is 1210. The van der Waals surface area contributed by atoms with Crippen LogP contribution >= 0.6 is 27.5 Å². The van der Waals surface area contributed by atoms with Gasteiger partial charge in [-0.3, -0.25) is 4.98 Å². The number of aromatic nitrogens is 3. The quantitative estimate of drug-likeness (QED) is 0.369. The predicted molar refractivity (Wildman–Crippen MR) is 117 cm³/mol. The summed E-state index contributed by atoms with van der Waals surface area (Å²) in [7, 11) is 0. The number of pyridine rings is 1. The summed E-state index contributed by atoms with van der Waals surface area (Å²) < 4.78 is 1.04. The lowest BCUT2D eigenvalue weighted by atomic mass is 10.1. The van der Waals surface area contributed by atoms with Gasteiger partial charge in [0.15, 0.2) is 5.82 Å². The van der Waals surface area contributed by atoms with Crippen LogP contribution in [-0.4, -0.2) is 21.5 Å². The summed E-state index contributed by atoms with van der Waals surface area (Å²) in [6, 6.07) is 14.1. The van der Waals surface area contributed by atoms with Crippen LogP contribution in [0.2, 0.25) is 5.02 Å². The number of hydrogen-bond acceptors (Lipinski definition) is 4. The van der Waals surface area contributed by atoms with Crippen LogP contribution in [-0.2, 0) is 6.42 Å². The van der Waals surface area contributed by atoms with E-state index in [4.69, 9.17) is 21.6 Å². The topological polar surface area (TPSA) is 41.9 Å². The van der Waals surface area contributed by atoms with Gasteiger partial charge in [-0.1, -0.05) is 27.5 Å². The van der Waals surface area contributed by atoms with Crippen LogP contribution < -0.4 is 4.90 Å². The summed E-state index contributed by atoms with van der Waals surface area (Å²) >= 11 is 9.84. The fourth-order valence-corrected chi connectivity index (χ4v) is 4.23. The van der Waals surface area contributed by atoms with Crippen molar-refractivity contribution in [3.8, 4) is 11.4 Å². The maximum Gasteiger partial charge on any atom is 0.163 e. The lowest BCUT2D eigenvalue weighted by Gasteiger charge is -2.21. The van der Waals surface area contributed by atoms with E-state index in [-0.39, 0.29) is 0 Å². The molecule has 0 radical (unpaired) electrons. The van der Waals surface area contributed by atoms with Crippen LogP contribution in [0.1, 0.15) is 11.1 Å². The van der Waals surface area contributed by atoms with Crippen molar-refractivity contribution >= 4 is 49.9 Å². The van der Waals surface area contributed by atoms with E-state index in [0.717, 1.165) is 56.0 Å². The first-order chi connectivity index (χ1) is 13.6. The molecule has 0 atom stereocenters. The number of rotatable bonds is 2. The standard InChI is InChI=1S/C22H16BrClN4/c1-13-18(23)6-5-17-20(13)26-21(15-3-2-9-25-12-15)27-22(17)28-10-8-14-11-16(24)4-7-19(14)28/h2-7,9,11-12H,8,10H2,1H3. The van der Waals surface area contributed by atoms with Gasteiger partial charge in [0.05, 0.1) is 5.52 Å². The minimum atomic E-state index is 0.680. The van der Waals surface area contributed by atoms with Crippen LogP contribution in [0.5, 0.6) is 0 Å². The largest absolute Gasteiger partial charge is 0.325 e. The molecule has 138 valence electrons. The summed E-state index contributed by atoms with van der Waals surface area (Å²) in [5.74, 6) is 1.60. The van der Waals surface area contributed by atoms with Gasteiger partial charge in [0.25, 0.3) is 0 Å². The highest BCUT2D eigenvalue weighted by Crippen LogP contribution is 2.40. The van der Waals surface area contributed by atoms with Crippen molar-refractivity contribution in [2.75, 3.05) is 11.4 Å². The first-order valence-corrected chi connectivity index (χ1v) is 10.2. The maximum absolute atomic E-state index is 6.20. The highest BCUT2D eigenvalue weighted by molar-refractivity contribution is 9.10. The molecule has 0 fully saturated rings. The zero-order valence-electron chi connectivity index (χ0n) is 15.2. The third-order valence-electron chi connectivity index (χ3n) is 5.15. The van der Waals surface area contributed by atoms with E-state index in [1.807, 2.05) is 24.3 Å². The molecule has 6 heteroatoms. The zero-order chi connectivity index (χ0) is 19.3. The third-order valence-corrected chi connectivity index (χ3v) is 6.24. The molecule has 0 N–H and O–H groups in total. The Balaban J connectivity index is 1.78. The SMILES string of the molecule is Cc1c(Br)ccc2c(N3CCc4cc(Cl)ccc43)nc(-c3cccnc3)nc12. The molecule has 28 heavy (non-hydrogen) atoms. The lowest BCUT2D eigenvalue weighted by molar-refractivity contribution is 0.975. The van der Waals surface area contributed by atoms with Gasteiger partial charge in [0, 0.05) is 45.1 Å². The molecule has 0 unspecified atom stereocenters. The average Bonchev–Trinajstić information content (AvgIpc) is 3.13. The van der Waals surface area contributed by atoms with E-state index in [2.05, 4.69) is 50.9 Å². The highest BCUT2D eigenvalue weighted by Gasteiger charge is 2.25. The molecule has 0 spiro atoms. The molecule has 0 aliphatic carbocycles. The zero-order valence-corrected chi connectivity index (χ0v) is 17.5. The van der Waals surface area contributed by atoms with Gasteiger partial charge in [0.1, 0.15) is 5.82 Å². The number of halogens is 2. The summed E-state index contributed by atoms with van der Waals surface area (Å²) in [4.78, 5) is 16.4. The number of benzene rings is 2. The molecule has 0 saturated heterocycles. The van der Waals surface area contributed by atoms with Gasteiger partial charge < -0.3 is 4.90 Å². The predicted octanol–water partition coefficient (Wildman–Crippen LogP) is 6.11. The van der Waals surface area contributed by atoms with Gasteiger partial charge in [-0.05, 0) is 66.9 Å². The average molecular weight is 452 g/mol. The molecule has 2 aromatic heterocycles. The number of anilines is 2.